The summed E-state index contributed by atoms with van der Waals surface area (Å²) in [4.78, 5) is 0. The van der Waals surface area contributed by atoms with E-state index in [-0.39, 0.29) is 0 Å². The van der Waals surface area contributed by atoms with Crippen molar-refractivity contribution in [3.63, 3.8) is 0 Å². The minimum Gasteiger partial charge on any atom is -0.0909 e. The fourth-order valence-electron chi connectivity index (χ4n) is 0.789. The molecule has 0 amide bonds. The molecule has 0 bridgehead atoms. The summed E-state index contributed by atoms with van der Waals surface area (Å²) in [5.74, 6) is 0. The standard InChI is InChI=1S/C11H17/c1-7-9(4)11(6)10(5)8(2)3/h1H2,2-6H3/b11-9+. The monoisotopic (exact) mass is 149 g/mol. The Labute approximate surface area is 70.3 Å². The molecule has 0 aliphatic carbocycles. The van der Waals surface area contributed by atoms with Crippen LogP contribution in [0.3, 0.4) is 0 Å². The highest BCUT2D eigenvalue weighted by Crippen LogP contribution is 2.16. The zero-order valence-corrected chi connectivity index (χ0v) is 8.21. The van der Waals surface area contributed by atoms with Crippen molar-refractivity contribution in [2.75, 3.05) is 0 Å². The van der Waals surface area contributed by atoms with Gasteiger partial charge in [0.05, 0.1) is 0 Å². The smallest absolute Gasteiger partial charge is 0.0227 e. The van der Waals surface area contributed by atoms with Crippen LogP contribution in [0.5, 0.6) is 0 Å². The third-order valence-electron chi connectivity index (χ3n) is 2.14. The van der Waals surface area contributed by atoms with Gasteiger partial charge in [-0.15, -0.1) is 0 Å². The van der Waals surface area contributed by atoms with E-state index in [1.807, 2.05) is 6.92 Å². The molecule has 0 aliphatic rings. The lowest BCUT2D eigenvalue weighted by molar-refractivity contribution is 1.19. The first-order chi connectivity index (χ1) is 5.00. The molecule has 0 heteroatoms. The molecule has 0 rings (SSSR count). The third-order valence-corrected chi connectivity index (χ3v) is 2.14. The molecule has 0 nitrogen and oxygen atoms in total. The van der Waals surface area contributed by atoms with Gasteiger partial charge in [0.1, 0.15) is 0 Å². The van der Waals surface area contributed by atoms with E-state index in [9.17, 15) is 0 Å². The highest BCUT2D eigenvalue weighted by atomic mass is 14.0. The lowest BCUT2D eigenvalue weighted by Crippen LogP contribution is -1.86. The molecule has 61 valence electrons. The molecule has 1 radical (unpaired) electrons. The summed E-state index contributed by atoms with van der Waals surface area (Å²) in [5, 5.41) is 0. The first kappa shape index (κ1) is 10.2. The molecule has 0 N–H and O–H groups in total. The maximum Gasteiger partial charge on any atom is -0.0227 e. The minimum atomic E-state index is 1.14. The Morgan fingerprint density at radius 1 is 0.909 bits per heavy atom. The van der Waals surface area contributed by atoms with Crippen molar-refractivity contribution >= 4 is 0 Å². The van der Waals surface area contributed by atoms with E-state index in [1.54, 1.807) is 0 Å². The van der Waals surface area contributed by atoms with E-state index in [4.69, 9.17) is 0 Å². The second-order valence-electron chi connectivity index (χ2n) is 3.05. The van der Waals surface area contributed by atoms with Gasteiger partial charge in [-0.1, -0.05) is 12.2 Å². The quantitative estimate of drug-likeness (QED) is 0.525. The van der Waals surface area contributed by atoms with Gasteiger partial charge in [0, 0.05) is 0 Å². The molecule has 0 atom stereocenters. The molecule has 11 heavy (non-hydrogen) atoms. The van der Waals surface area contributed by atoms with Crippen LogP contribution in [0, 0.1) is 6.08 Å². The van der Waals surface area contributed by atoms with Crippen LogP contribution < -0.4 is 0 Å². The molecular weight excluding hydrogens is 132 g/mol. The third kappa shape index (κ3) is 2.75. The molecule has 0 unspecified atom stereocenters. The van der Waals surface area contributed by atoms with Gasteiger partial charge in [-0.2, -0.15) is 0 Å². The van der Waals surface area contributed by atoms with Crippen molar-refractivity contribution < 1.29 is 0 Å². The second-order valence-corrected chi connectivity index (χ2v) is 3.05. The van der Waals surface area contributed by atoms with Crippen LogP contribution in [0.15, 0.2) is 28.9 Å². The predicted molar refractivity (Wildman–Crippen MR) is 51.3 cm³/mol. The summed E-state index contributed by atoms with van der Waals surface area (Å²) in [6.45, 7) is 14.1. The highest BCUT2D eigenvalue weighted by molar-refractivity contribution is 5.36. The van der Waals surface area contributed by atoms with Crippen LogP contribution in [0.25, 0.3) is 0 Å². The minimum absolute atomic E-state index is 1.14. The number of hydrogen-bond donors (Lipinski definition) is 0. The van der Waals surface area contributed by atoms with Crippen LogP contribution >= 0.6 is 0 Å². The van der Waals surface area contributed by atoms with Crippen molar-refractivity contribution in [1.29, 1.82) is 0 Å². The molecule has 0 spiro atoms. The van der Waals surface area contributed by atoms with E-state index in [0.717, 1.165) is 5.57 Å². The van der Waals surface area contributed by atoms with Gasteiger partial charge in [-0.05, 0) is 57.4 Å². The first-order valence-electron chi connectivity index (χ1n) is 3.85. The topological polar surface area (TPSA) is 0 Å². The fourth-order valence-corrected chi connectivity index (χ4v) is 0.789. The Kier molecular flexibility index (Phi) is 3.88. The number of rotatable bonds is 2. The molecule has 0 heterocycles. The molecule has 0 aliphatic heterocycles. The summed E-state index contributed by atoms with van der Waals surface area (Å²) >= 11 is 0. The lowest BCUT2D eigenvalue weighted by Gasteiger charge is -2.06. The van der Waals surface area contributed by atoms with Crippen molar-refractivity contribution in [2.45, 2.75) is 34.6 Å². The average Bonchev–Trinajstić information content (AvgIpc) is 2.00. The Balaban J connectivity index is 4.90. The maximum atomic E-state index is 3.62. The van der Waals surface area contributed by atoms with Gasteiger partial charge >= 0.3 is 0 Å². The Hall–Kier alpha value is -0.780. The Morgan fingerprint density at radius 3 is 1.64 bits per heavy atom. The van der Waals surface area contributed by atoms with Crippen molar-refractivity contribution in [3.8, 4) is 0 Å². The van der Waals surface area contributed by atoms with Gasteiger partial charge < -0.3 is 0 Å². The predicted octanol–water partition coefficient (Wildman–Crippen LogP) is 3.67. The zero-order chi connectivity index (χ0) is 9.02. The van der Waals surface area contributed by atoms with Gasteiger partial charge in [0.25, 0.3) is 0 Å². The highest BCUT2D eigenvalue weighted by Gasteiger charge is 1.97. The van der Waals surface area contributed by atoms with E-state index in [2.05, 4.69) is 40.3 Å². The average molecular weight is 149 g/mol. The summed E-state index contributed by atoms with van der Waals surface area (Å²) in [6.07, 6.45) is 2.90. The van der Waals surface area contributed by atoms with Gasteiger partial charge in [0.2, 0.25) is 0 Å². The second kappa shape index (κ2) is 4.17. The van der Waals surface area contributed by atoms with Gasteiger partial charge in [-0.3, -0.25) is 0 Å². The molecule has 0 aromatic carbocycles. The number of hydrogen-bond acceptors (Lipinski definition) is 0. The van der Waals surface area contributed by atoms with Crippen molar-refractivity contribution in [2.24, 2.45) is 0 Å². The van der Waals surface area contributed by atoms with Crippen LogP contribution in [-0.2, 0) is 0 Å². The van der Waals surface area contributed by atoms with Crippen molar-refractivity contribution in [3.05, 3.63) is 34.9 Å². The SMILES string of the molecule is C=[C]/C(C)=C(\C)C(C)=C(C)C. The van der Waals surface area contributed by atoms with E-state index in [0.29, 0.717) is 0 Å². The fraction of sp³-hybridized carbons (Fsp3) is 0.455. The zero-order valence-electron chi connectivity index (χ0n) is 8.21. The maximum absolute atomic E-state index is 3.62. The van der Waals surface area contributed by atoms with E-state index >= 15 is 0 Å². The van der Waals surface area contributed by atoms with Gasteiger partial charge in [-0.25, -0.2) is 0 Å². The first-order valence-corrected chi connectivity index (χ1v) is 3.85. The molecule has 0 saturated carbocycles. The molecule has 0 saturated heterocycles. The summed E-state index contributed by atoms with van der Waals surface area (Å²) in [6, 6.07) is 0. The van der Waals surface area contributed by atoms with Crippen LogP contribution in [0.2, 0.25) is 0 Å². The van der Waals surface area contributed by atoms with Crippen molar-refractivity contribution in [1.82, 2.24) is 0 Å². The number of allylic oxidation sites excluding steroid dienone is 5. The summed E-state index contributed by atoms with van der Waals surface area (Å²) in [5.41, 5.74) is 5.14. The summed E-state index contributed by atoms with van der Waals surface area (Å²) in [7, 11) is 0. The molecule has 0 fully saturated rings. The van der Waals surface area contributed by atoms with E-state index in [1.165, 1.54) is 16.7 Å². The van der Waals surface area contributed by atoms with Crippen LogP contribution in [0.1, 0.15) is 34.6 Å². The normalized spacial score (nSPS) is 12.1. The molecule has 0 aromatic heterocycles. The molecule has 0 aromatic rings. The van der Waals surface area contributed by atoms with Crippen LogP contribution in [0.4, 0.5) is 0 Å². The largest absolute Gasteiger partial charge is 0.0909 e. The lowest BCUT2D eigenvalue weighted by atomic mass is 10.0. The summed E-state index contributed by atoms with van der Waals surface area (Å²) < 4.78 is 0. The Morgan fingerprint density at radius 2 is 1.36 bits per heavy atom. The Bertz CT molecular complexity index is 210. The van der Waals surface area contributed by atoms with Gasteiger partial charge in [0.15, 0.2) is 0 Å². The van der Waals surface area contributed by atoms with Crippen LogP contribution in [-0.4, -0.2) is 0 Å². The van der Waals surface area contributed by atoms with E-state index < -0.39 is 0 Å². The molecular formula is C11H17.